The summed E-state index contributed by atoms with van der Waals surface area (Å²) in [5.41, 5.74) is 0.695. The molecule has 164 valence electrons. The second-order valence-electron chi connectivity index (χ2n) is 8.70. The SMILES string of the molecule is CC(C)(C)SNC(c1cc(Cl)c(Cl)cc1O)C1CCN(S(=O)(=O)C2CNC2)CC1. The molecule has 0 bridgehead atoms. The maximum absolute atomic E-state index is 12.7. The molecule has 0 spiro atoms. The first-order valence-corrected chi connectivity index (χ1v) is 12.9. The Morgan fingerprint density at radius 1 is 1.21 bits per heavy atom. The number of hydrogen-bond acceptors (Lipinski definition) is 6. The molecule has 1 aromatic carbocycles. The molecule has 1 atom stereocenters. The van der Waals surface area contributed by atoms with E-state index in [0.29, 0.717) is 54.6 Å². The number of phenols is 1. The summed E-state index contributed by atoms with van der Waals surface area (Å²) in [6, 6.07) is 3.02. The molecule has 0 saturated carbocycles. The summed E-state index contributed by atoms with van der Waals surface area (Å²) >= 11 is 13.9. The van der Waals surface area contributed by atoms with Crippen LogP contribution >= 0.6 is 35.1 Å². The van der Waals surface area contributed by atoms with Crippen LogP contribution in [0.1, 0.15) is 45.2 Å². The molecule has 2 fully saturated rings. The third-order valence-corrected chi connectivity index (χ3v) is 9.36. The van der Waals surface area contributed by atoms with Crippen molar-refractivity contribution < 1.29 is 13.5 Å². The number of halogens is 2. The molecular formula is C19H29Cl2N3O3S2. The van der Waals surface area contributed by atoms with E-state index in [0.717, 1.165) is 0 Å². The summed E-state index contributed by atoms with van der Waals surface area (Å²) < 4.78 is 30.5. The molecule has 1 unspecified atom stereocenters. The number of sulfonamides is 1. The molecule has 3 rings (SSSR count). The van der Waals surface area contributed by atoms with Crippen LogP contribution in [0.2, 0.25) is 10.0 Å². The van der Waals surface area contributed by atoms with Gasteiger partial charge in [-0.25, -0.2) is 12.7 Å². The zero-order valence-electron chi connectivity index (χ0n) is 16.9. The van der Waals surface area contributed by atoms with E-state index < -0.39 is 10.0 Å². The zero-order valence-corrected chi connectivity index (χ0v) is 20.1. The Hall–Kier alpha value is -0.220. The van der Waals surface area contributed by atoms with Gasteiger partial charge in [0.2, 0.25) is 10.0 Å². The van der Waals surface area contributed by atoms with Crippen LogP contribution < -0.4 is 10.0 Å². The first-order chi connectivity index (χ1) is 13.5. The summed E-state index contributed by atoms with van der Waals surface area (Å²) in [5, 5.41) is 14.0. The van der Waals surface area contributed by atoms with Crippen molar-refractivity contribution in [2.45, 2.75) is 49.7 Å². The van der Waals surface area contributed by atoms with Gasteiger partial charge < -0.3 is 10.4 Å². The topological polar surface area (TPSA) is 81.7 Å². The van der Waals surface area contributed by atoms with Crippen molar-refractivity contribution in [3.63, 3.8) is 0 Å². The van der Waals surface area contributed by atoms with Gasteiger partial charge in [-0.05, 0) is 45.6 Å². The Bertz CT molecular complexity index is 834. The Morgan fingerprint density at radius 3 is 2.31 bits per heavy atom. The first kappa shape index (κ1) is 23.4. The summed E-state index contributed by atoms with van der Waals surface area (Å²) in [7, 11) is -3.24. The van der Waals surface area contributed by atoms with Gasteiger partial charge in [0, 0.05) is 48.6 Å². The number of benzene rings is 1. The molecule has 0 aliphatic carbocycles. The largest absolute Gasteiger partial charge is 0.508 e. The van der Waals surface area contributed by atoms with E-state index in [1.807, 2.05) is 0 Å². The third kappa shape index (κ3) is 5.53. The van der Waals surface area contributed by atoms with Gasteiger partial charge in [-0.3, -0.25) is 4.72 Å². The Balaban J connectivity index is 1.78. The molecule has 0 radical (unpaired) electrons. The molecule has 0 aromatic heterocycles. The second kappa shape index (κ2) is 9.10. The maximum Gasteiger partial charge on any atom is 0.219 e. The Labute approximate surface area is 187 Å². The minimum Gasteiger partial charge on any atom is -0.508 e. The fourth-order valence-electron chi connectivity index (χ4n) is 3.60. The lowest BCUT2D eigenvalue weighted by atomic mass is 9.86. The fourth-order valence-corrected chi connectivity index (χ4v) is 6.53. The number of rotatable bonds is 6. The molecule has 6 nitrogen and oxygen atoms in total. The van der Waals surface area contributed by atoms with Gasteiger partial charge in [-0.1, -0.05) is 35.1 Å². The average molecular weight is 482 g/mol. The van der Waals surface area contributed by atoms with Gasteiger partial charge in [-0.15, -0.1) is 0 Å². The molecule has 0 amide bonds. The van der Waals surface area contributed by atoms with Crippen LogP contribution in [-0.2, 0) is 10.0 Å². The zero-order chi connectivity index (χ0) is 21.4. The monoisotopic (exact) mass is 481 g/mol. The molecule has 29 heavy (non-hydrogen) atoms. The third-order valence-electron chi connectivity index (χ3n) is 5.39. The highest BCUT2D eigenvalue weighted by atomic mass is 35.5. The highest BCUT2D eigenvalue weighted by molar-refractivity contribution is 7.98. The van der Waals surface area contributed by atoms with Crippen molar-refractivity contribution in [3.8, 4) is 5.75 Å². The molecule has 2 heterocycles. The number of hydrogen-bond donors (Lipinski definition) is 3. The Kier molecular flexibility index (Phi) is 7.36. The Morgan fingerprint density at radius 2 is 1.79 bits per heavy atom. The first-order valence-electron chi connectivity index (χ1n) is 9.80. The van der Waals surface area contributed by atoms with Gasteiger partial charge in [0.25, 0.3) is 0 Å². The highest BCUT2D eigenvalue weighted by Gasteiger charge is 2.39. The summed E-state index contributed by atoms with van der Waals surface area (Å²) in [4.78, 5) is 0. The van der Waals surface area contributed by atoms with Gasteiger partial charge in [0.15, 0.2) is 0 Å². The summed E-state index contributed by atoms with van der Waals surface area (Å²) in [6.07, 6.45) is 1.42. The molecular weight excluding hydrogens is 453 g/mol. The summed E-state index contributed by atoms with van der Waals surface area (Å²) in [6.45, 7) is 8.38. The predicted molar refractivity (Wildman–Crippen MR) is 121 cm³/mol. The van der Waals surface area contributed by atoms with Crippen LogP contribution in [0.5, 0.6) is 5.75 Å². The van der Waals surface area contributed by atoms with Gasteiger partial charge >= 0.3 is 0 Å². The fraction of sp³-hybridized carbons (Fsp3) is 0.684. The van der Waals surface area contributed by atoms with E-state index in [4.69, 9.17) is 23.2 Å². The van der Waals surface area contributed by atoms with Crippen LogP contribution in [0.4, 0.5) is 0 Å². The van der Waals surface area contributed by atoms with Crippen molar-refractivity contribution in [2.24, 2.45) is 5.92 Å². The normalized spacial score (nSPS) is 21.1. The van der Waals surface area contributed by atoms with Crippen LogP contribution in [0.25, 0.3) is 0 Å². The molecule has 1 aromatic rings. The second-order valence-corrected chi connectivity index (χ2v) is 13.4. The minimum absolute atomic E-state index is 0.0225. The molecule has 3 N–H and O–H groups in total. The quantitative estimate of drug-likeness (QED) is 0.536. The van der Waals surface area contributed by atoms with Crippen LogP contribution in [0.3, 0.4) is 0 Å². The van der Waals surface area contributed by atoms with Gasteiger partial charge in [0.05, 0.1) is 10.0 Å². The minimum atomic E-state index is -3.24. The van der Waals surface area contributed by atoms with Gasteiger partial charge in [-0.2, -0.15) is 0 Å². The number of phenolic OH excluding ortho intramolecular Hbond substituents is 1. The van der Waals surface area contributed by atoms with Crippen LogP contribution in [0, 0.1) is 5.92 Å². The van der Waals surface area contributed by atoms with Crippen molar-refractivity contribution in [1.82, 2.24) is 14.3 Å². The number of nitrogens with one attached hydrogen (secondary N) is 2. The predicted octanol–water partition coefficient (Wildman–Crippen LogP) is 3.79. The van der Waals surface area contributed by atoms with Crippen molar-refractivity contribution in [2.75, 3.05) is 26.2 Å². The van der Waals surface area contributed by atoms with E-state index in [1.54, 1.807) is 22.3 Å². The number of aromatic hydroxyl groups is 1. The lowest BCUT2D eigenvalue weighted by molar-refractivity contribution is 0.233. The van der Waals surface area contributed by atoms with E-state index in [1.165, 1.54) is 6.07 Å². The number of nitrogens with zero attached hydrogens (tertiary/aromatic N) is 1. The molecule has 10 heteroatoms. The number of piperidine rings is 1. The standard InChI is InChI=1S/C19H29Cl2N3O3S2/c1-19(2,3)28-23-18(14-8-15(20)16(21)9-17(14)25)12-4-6-24(7-5-12)29(26,27)13-10-22-11-13/h8-9,12-13,18,22-23,25H,4-7,10-11H2,1-3H3. The smallest absolute Gasteiger partial charge is 0.219 e. The molecule has 2 saturated heterocycles. The summed E-state index contributed by atoms with van der Waals surface area (Å²) in [5.74, 6) is 0.265. The van der Waals surface area contributed by atoms with Crippen molar-refractivity contribution in [1.29, 1.82) is 0 Å². The van der Waals surface area contributed by atoms with E-state index >= 15 is 0 Å². The van der Waals surface area contributed by atoms with Crippen molar-refractivity contribution in [3.05, 3.63) is 27.7 Å². The maximum atomic E-state index is 12.7. The van der Waals surface area contributed by atoms with Gasteiger partial charge in [0.1, 0.15) is 11.0 Å². The van der Waals surface area contributed by atoms with Crippen LogP contribution in [-0.4, -0.2) is 54.0 Å². The van der Waals surface area contributed by atoms with E-state index in [9.17, 15) is 13.5 Å². The average Bonchev–Trinajstić information content (AvgIpc) is 2.57. The van der Waals surface area contributed by atoms with Crippen molar-refractivity contribution >= 4 is 45.2 Å². The molecule has 2 aliphatic rings. The van der Waals surface area contributed by atoms with E-state index in [2.05, 4.69) is 30.8 Å². The van der Waals surface area contributed by atoms with Crippen LogP contribution in [0.15, 0.2) is 12.1 Å². The van der Waals surface area contributed by atoms with E-state index in [-0.39, 0.29) is 27.7 Å². The lowest BCUT2D eigenvalue weighted by Gasteiger charge is -2.39. The molecule has 2 aliphatic heterocycles. The lowest BCUT2D eigenvalue weighted by Crippen LogP contribution is -2.57. The highest BCUT2D eigenvalue weighted by Crippen LogP contribution is 2.41.